The summed E-state index contributed by atoms with van der Waals surface area (Å²) in [6.07, 6.45) is 3.52. The Morgan fingerprint density at radius 2 is 1.94 bits per heavy atom. The molecule has 1 saturated heterocycles. The third-order valence-corrected chi connectivity index (χ3v) is 8.49. The van der Waals surface area contributed by atoms with Crippen LogP contribution in [0.1, 0.15) is 19.3 Å². The van der Waals surface area contributed by atoms with Crippen LogP contribution >= 0.6 is 11.3 Å². The lowest BCUT2D eigenvalue weighted by Crippen LogP contribution is -2.45. The van der Waals surface area contributed by atoms with Crippen LogP contribution in [0.3, 0.4) is 0 Å². The number of nitrogens with zero attached hydrogens (tertiary/aromatic N) is 3. The minimum absolute atomic E-state index is 0.0132. The summed E-state index contributed by atoms with van der Waals surface area (Å²) < 4.78 is 38.4. The number of hydrogen-bond donors (Lipinski definition) is 0. The molecule has 31 heavy (non-hydrogen) atoms. The number of sulfone groups is 1. The second kappa shape index (κ2) is 7.52. The van der Waals surface area contributed by atoms with Crippen LogP contribution < -0.4 is 5.56 Å². The SMILES string of the molecule is O=C(Cn1cnc2scc(-c3ccc(F)cc3)c2c1=O)N(C1CC1)[C@H]1CCS(=O)(=O)C1. The molecule has 0 bridgehead atoms. The summed E-state index contributed by atoms with van der Waals surface area (Å²) in [6.45, 7) is -0.187. The Morgan fingerprint density at radius 3 is 2.58 bits per heavy atom. The van der Waals surface area contributed by atoms with Gasteiger partial charge in [0, 0.05) is 23.0 Å². The summed E-state index contributed by atoms with van der Waals surface area (Å²) in [5, 5.41) is 2.20. The van der Waals surface area contributed by atoms with Crippen molar-refractivity contribution in [3.63, 3.8) is 0 Å². The standard InChI is InChI=1S/C21H20FN3O4S2/c22-14-3-1-13(2-4-14)17-10-30-20-19(17)21(27)24(12-23-20)9-18(26)25(15-5-6-15)16-7-8-31(28,29)11-16/h1-4,10,12,15-16H,5-9,11H2/t16-/m0/s1. The molecule has 1 aliphatic heterocycles. The first-order valence-electron chi connectivity index (χ1n) is 10.1. The van der Waals surface area contributed by atoms with E-state index in [1.807, 2.05) is 0 Å². The van der Waals surface area contributed by atoms with E-state index in [0.717, 1.165) is 12.8 Å². The lowest BCUT2D eigenvalue weighted by molar-refractivity contribution is -0.134. The average molecular weight is 462 g/mol. The molecule has 7 nitrogen and oxygen atoms in total. The number of rotatable bonds is 5. The highest BCUT2D eigenvalue weighted by atomic mass is 32.2. The summed E-state index contributed by atoms with van der Waals surface area (Å²) in [4.78, 5) is 32.9. The zero-order valence-electron chi connectivity index (χ0n) is 16.5. The van der Waals surface area contributed by atoms with Crippen molar-refractivity contribution in [2.45, 2.75) is 37.9 Å². The Bertz CT molecular complexity index is 1330. The zero-order chi connectivity index (χ0) is 21.8. The monoisotopic (exact) mass is 461 g/mol. The van der Waals surface area contributed by atoms with Crippen LogP contribution in [0.2, 0.25) is 0 Å². The van der Waals surface area contributed by atoms with Gasteiger partial charge in [-0.05, 0) is 37.0 Å². The Labute approximate surface area is 182 Å². The molecular formula is C21H20FN3O4S2. The number of hydrogen-bond acceptors (Lipinski definition) is 6. The third-order valence-electron chi connectivity index (χ3n) is 5.85. The van der Waals surface area contributed by atoms with Crippen LogP contribution in [0.4, 0.5) is 4.39 Å². The highest BCUT2D eigenvalue weighted by molar-refractivity contribution is 7.91. The molecule has 1 atom stereocenters. The van der Waals surface area contributed by atoms with E-state index in [4.69, 9.17) is 0 Å². The second-order valence-electron chi connectivity index (χ2n) is 8.10. The molecule has 0 radical (unpaired) electrons. The van der Waals surface area contributed by atoms with E-state index in [1.165, 1.54) is 34.4 Å². The Morgan fingerprint density at radius 1 is 1.19 bits per heavy atom. The van der Waals surface area contributed by atoms with Crippen LogP contribution in [-0.4, -0.2) is 52.4 Å². The maximum Gasteiger partial charge on any atom is 0.263 e. The maximum absolute atomic E-state index is 13.3. The molecule has 1 aliphatic carbocycles. The fourth-order valence-corrected chi connectivity index (χ4v) is 6.82. The van der Waals surface area contributed by atoms with Crippen molar-refractivity contribution in [1.29, 1.82) is 0 Å². The fraction of sp³-hybridized carbons (Fsp3) is 0.381. The van der Waals surface area contributed by atoms with Gasteiger partial charge in [0.2, 0.25) is 5.91 Å². The van der Waals surface area contributed by atoms with Crippen LogP contribution in [0, 0.1) is 5.82 Å². The van der Waals surface area contributed by atoms with E-state index in [0.29, 0.717) is 27.8 Å². The number of halogens is 1. The van der Waals surface area contributed by atoms with Gasteiger partial charge in [-0.3, -0.25) is 14.2 Å². The van der Waals surface area contributed by atoms with Crippen molar-refractivity contribution in [2.75, 3.05) is 11.5 Å². The van der Waals surface area contributed by atoms with Gasteiger partial charge in [-0.25, -0.2) is 17.8 Å². The smallest absolute Gasteiger partial charge is 0.263 e. The van der Waals surface area contributed by atoms with Gasteiger partial charge >= 0.3 is 0 Å². The van der Waals surface area contributed by atoms with Gasteiger partial charge in [-0.15, -0.1) is 11.3 Å². The third kappa shape index (κ3) is 3.89. The van der Waals surface area contributed by atoms with Crippen molar-refractivity contribution >= 4 is 37.3 Å². The molecule has 2 aliphatic rings. The van der Waals surface area contributed by atoms with E-state index in [-0.39, 0.29) is 47.4 Å². The average Bonchev–Trinajstić information content (AvgIpc) is 3.35. The Balaban J connectivity index is 1.47. The Hall–Kier alpha value is -2.59. The molecule has 0 unspecified atom stereocenters. The molecule has 2 fully saturated rings. The lowest BCUT2D eigenvalue weighted by Gasteiger charge is -2.28. The van der Waals surface area contributed by atoms with E-state index in [9.17, 15) is 22.4 Å². The first-order valence-corrected chi connectivity index (χ1v) is 12.8. The van der Waals surface area contributed by atoms with Crippen molar-refractivity contribution < 1.29 is 17.6 Å². The molecule has 3 aromatic rings. The van der Waals surface area contributed by atoms with Crippen molar-refractivity contribution in [3.8, 4) is 11.1 Å². The van der Waals surface area contributed by atoms with Gasteiger partial charge in [0.05, 0.1) is 23.2 Å². The van der Waals surface area contributed by atoms with E-state index >= 15 is 0 Å². The fourth-order valence-electron chi connectivity index (χ4n) is 4.20. The lowest BCUT2D eigenvalue weighted by atomic mass is 10.1. The summed E-state index contributed by atoms with van der Waals surface area (Å²) in [7, 11) is -3.12. The van der Waals surface area contributed by atoms with Crippen LogP contribution in [0.15, 0.2) is 40.8 Å². The summed E-state index contributed by atoms with van der Waals surface area (Å²) >= 11 is 1.32. The molecule has 0 N–H and O–H groups in total. The largest absolute Gasteiger partial charge is 0.334 e. The van der Waals surface area contributed by atoms with Crippen molar-refractivity contribution in [2.24, 2.45) is 0 Å². The van der Waals surface area contributed by atoms with E-state index in [1.54, 1.807) is 22.4 Å². The molecule has 3 heterocycles. The first-order chi connectivity index (χ1) is 14.8. The zero-order valence-corrected chi connectivity index (χ0v) is 18.2. The quantitative estimate of drug-likeness (QED) is 0.582. The molecule has 1 saturated carbocycles. The maximum atomic E-state index is 13.3. The van der Waals surface area contributed by atoms with Gasteiger partial charge in [-0.2, -0.15) is 0 Å². The first kappa shape index (κ1) is 20.3. The molecule has 1 amide bonds. The van der Waals surface area contributed by atoms with Gasteiger partial charge in [0.1, 0.15) is 17.2 Å². The molecule has 5 rings (SSSR count). The molecule has 1 aromatic carbocycles. The molecule has 10 heteroatoms. The predicted octanol–water partition coefficient (Wildman–Crippen LogP) is 2.44. The van der Waals surface area contributed by atoms with Gasteiger partial charge in [0.15, 0.2) is 9.84 Å². The van der Waals surface area contributed by atoms with Crippen LogP contribution in [-0.2, 0) is 21.2 Å². The number of carbonyl (C=O) groups excluding carboxylic acids is 1. The second-order valence-corrected chi connectivity index (χ2v) is 11.2. The van der Waals surface area contributed by atoms with Crippen LogP contribution in [0.25, 0.3) is 21.3 Å². The highest BCUT2D eigenvalue weighted by Crippen LogP contribution is 2.33. The van der Waals surface area contributed by atoms with Crippen molar-refractivity contribution in [3.05, 3.63) is 52.1 Å². The van der Waals surface area contributed by atoms with Gasteiger partial charge < -0.3 is 4.90 Å². The number of carbonyl (C=O) groups is 1. The number of fused-ring (bicyclic) bond motifs is 1. The molecule has 2 aromatic heterocycles. The number of amides is 1. The molecule has 0 spiro atoms. The number of thiophene rings is 1. The minimum atomic E-state index is -3.12. The number of benzene rings is 1. The predicted molar refractivity (Wildman–Crippen MR) is 116 cm³/mol. The molecular weight excluding hydrogens is 441 g/mol. The van der Waals surface area contributed by atoms with E-state index in [2.05, 4.69) is 4.98 Å². The number of aromatic nitrogens is 2. The van der Waals surface area contributed by atoms with Gasteiger partial charge in [-0.1, -0.05) is 12.1 Å². The molecule has 162 valence electrons. The normalized spacial score (nSPS) is 20.2. The van der Waals surface area contributed by atoms with Crippen LogP contribution in [0.5, 0.6) is 0 Å². The Kier molecular flexibility index (Phi) is 4.93. The minimum Gasteiger partial charge on any atom is -0.334 e. The topological polar surface area (TPSA) is 89.3 Å². The van der Waals surface area contributed by atoms with Gasteiger partial charge in [0.25, 0.3) is 5.56 Å². The highest BCUT2D eigenvalue weighted by Gasteiger charge is 2.42. The van der Waals surface area contributed by atoms with E-state index < -0.39 is 9.84 Å². The summed E-state index contributed by atoms with van der Waals surface area (Å²) in [5.41, 5.74) is 1.01. The van der Waals surface area contributed by atoms with Crippen molar-refractivity contribution in [1.82, 2.24) is 14.5 Å². The summed E-state index contributed by atoms with van der Waals surface area (Å²) in [6, 6.07) is 5.60. The summed E-state index contributed by atoms with van der Waals surface area (Å²) in [5.74, 6) is -0.539.